The maximum absolute atomic E-state index is 12.5. The standard InChI is InChI=1S/C14H20F3N3/c1-11-5-8-20(9-6-11)10-7-18-13-4-2-3-12(19-13)14(15,16)17/h2-4,11H,5-10H2,1H3,(H,18,19). The molecule has 0 aliphatic carbocycles. The van der Waals surface area contributed by atoms with Gasteiger partial charge in [-0.25, -0.2) is 4.98 Å². The SMILES string of the molecule is CC1CCN(CCNc2cccc(C(F)(F)F)n2)CC1. The van der Waals surface area contributed by atoms with Crippen molar-refractivity contribution >= 4 is 5.82 Å². The second kappa shape index (κ2) is 6.43. The second-order valence-corrected chi connectivity index (χ2v) is 5.36. The van der Waals surface area contributed by atoms with Crippen LogP contribution in [0, 0.1) is 5.92 Å². The zero-order chi connectivity index (χ0) is 14.6. The lowest BCUT2D eigenvalue weighted by atomic mass is 9.99. The number of rotatable bonds is 4. The number of anilines is 1. The molecule has 0 unspecified atom stereocenters. The molecular weight excluding hydrogens is 267 g/mol. The summed E-state index contributed by atoms with van der Waals surface area (Å²) in [6, 6.07) is 3.92. The fourth-order valence-corrected chi connectivity index (χ4v) is 2.32. The molecule has 2 heterocycles. The van der Waals surface area contributed by atoms with E-state index in [-0.39, 0.29) is 5.82 Å². The molecule has 0 amide bonds. The van der Waals surface area contributed by atoms with E-state index in [0.717, 1.165) is 31.6 Å². The first-order chi connectivity index (χ1) is 9.45. The van der Waals surface area contributed by atoms with Gasteiger partial charge < -0.3 is 10.2 Å². The normalized spacial score (nSPS) is 18.2. The molecule has 1 aromatic rings. The zero-order valence-corrected chi connectivity index (χ0v) is 11.6. The second-order valence-electron chi connectivity index (χ2n) is 5.36. The third kappa shape index (κ3) is 4.37. The Hall–Kier alpha value is -1.30. The van der Waals surface area contributed by atoms with Crippen LogP contribution in [0.5, 0.6) is 0 Å². The number of nitrogens with one attached hydrogen (secondary N) is 1. The van der Waals surface area contributed by atoms with Crippen LogP contribution in [0.15, 0.2) is 18.2 Å². The predicted octanol–water partition coefficient (Wildman–Crippen LogP) is 3.24. The number of piperidine rings is 1. The molecule has 3 nitrogen and oxygen atoms in total. The van der Waals surface area contributed by atoms with Crippen LogP contribution in [0.4, 0.5) is 19.0 Å². The van der Waals surface area contributed by atoms with Gasteiger partial charge in [-0.05, 0) is 44.0 Å². The van der Waals surface area contributed by atoms with Crippen LogP contribution in [0.1, 0.15) is 25.5 Å². The number of halogens is 3. The third-order valence-corrected chi connectivity index (χ3v) is 3.65. The number of nitrogens with zero attached hydrogens (tertiary/aromatic N) is 2. The molecule has 1 saturated heterocycles. The van der Waals surface area contributed by atoms with Crippen molar-refractivity contribution in [2.45, 2.75) is 25.9 Å². The summed E-state index contributed by atoms with van der Waals surface area (Å²) < 4.78 is 37.6. The van der Waals surface area contributed by atoms with Gasteiger partial charge in [-0.1, -0.05) is 13.0 Å². The van der Waals surface area contributed by atoms with Crippen LogP contribution >= 0.6 is 0 Å². The first-order valence-electron chi connectivity index (χ1n) is 6.95. The minimum atomic E-state index is -4.39. The lowest BCUT2D eigenvalue weighted by molar-refractivity contribution is -0.141. The Balaban J connectivity index is 1.79. The highest BCUT2D eigenvalue weighted by molar-refractivity contribution is 5.35. The Morgan fingerprint density at radius 3 is 2.65 bits per heavy atom. The lowest BCUT2D eigenvalue weighted by Gasteiger charge is -2.30. The number of pyridine rings is 1. The number of aromatic nitrogens is 1. The maximum atomic E-state index is 12.5. The summed E-state index contributed by atoms with van der Waals surface area (Å²) in [6.07, 6.45) is -2.00. The van der Waals surface area contributed by atoms with Gasteiger partial charge in [0.15, 0.2) is 0 Å². The van der Waals surface area contributed by atoms with Gasteiger partial charge in [-0.15, -0.1) is 0 Å². The van der Waals surface area contributed by atoms with Gasteiger partial charge in [0.05, 0.1) is 0 Å². The summed E-state index contributed by atoms with van der Waals surface area (Å²) in [4.78, 5) is 5.92. The van der Waals surface area contributed by atoms with Crippen molar-refractivity contribution < 1.29 is 13.2 Å². The van der Waals surface area contributed by atoms with Gasteiger partial charge in [-0.3, -0.25) is 0 Å². The van der Waals surface area contributed by atoms with E-state index in [2.05, 4.69) is 22.1 Å². The highest BCUT2D eigenvalue weighted by Crippen LogP contribution is 2.28. The Morgan fingerprint density at radius 1 is 1.30 bits per heavy atom. The van der Waals surface area contributed by atoms with E-state index in [0.29, 0.717) is 6.54 Å². The molecule has 1 fully saturated rings. The van der Waals surface area contributed by atoms with Gasteiger partial charge in [-0.2, -0.15) is 13.2 Å². The summed E-state index contributed by atoms with van der Waals surface area (Å²) in [7, 11) is 0. The molecule has 0 radical (unpaired) electrons. The summed E-state index contributed by atoms with van der Waals surface area (Å²) >= 11 is 0. The first-order valence-corrected chi connectivity index (χ1v) is 6.95. The zero-order valence-electron chi connectivity index (χ0n) is 11.6. The van der Waals surface area contributed by atoms with E-state index in [9.17, 15) is 13.2 Å². The first kappa shape index (κ1) is 15.1. The van der Waals surface area contributed by atoms with Gasteiger partial charge >= 0.3 is 6.18 Å². The summed E-state index contributed by atoms with van der Waals surface area (Å²) in [5.74, 6) is 1.06. The molecule has 0 saturated carbocycles. The van der Waals surface area contributed by atoms with Crippen LogP contribution in [-0.4, -0.2) is 36.1 Å². The molecule has 0 spiro atoms. The molecular formula is C14H20F3N3. The molecule has 6 heteroatoms. The Morgan fingerprint density at radius 2 is 2.00 bits per heavy atom. The van der Waals surface area contributed by atoms with Crippen LogP contribution in [0.25, 0.3) is 0 Å². The molecule has 0 bridgehead atoms. The van der Waals surface area contributed by atoms with E-state index in [4.69, 9.17) is 0 Å². The largest absolute Gasteiger partial charge is 0.433 e. The Labute approximate surface area is 117 Å². The van der Waals surface area contributed by atoms with Crippen LogP contribution in [0.3, 0.4) is 0 Å². The van der Waals surface area contributed by atoms with Crippen molar-refractivity contribution in [3.8, 4) is 0 Å². The van der Waals surface area contributed by atoms with Crippen LogP contribution in [0.2, 0.25) is 0 Å². The van der Waals surface area contributed by atoms with Gasteiger partial charge in [0, 0.05) is 13.1 Å². The molecule has 2 rings (SSSR count). The molecule has 0 aromatic carbocycles. The summed E-state index contributed by atoms with van der Waals surface area (Å²) in [5.41, 5.74) is -0.853. The minimum absolute atomic E-state index is 0.283. The molecule has 0 atom stereocenters. The van der Waals surface area contributed by atoms with Crippen molar-refractivity contribution in [2.24, 2.45) is 5.92 Å². The van der Waals surface area contributed by atoms with E-state index < -0.39 is 11.9 Å². The number of likely N-dealkylation sites (tertiary alicyclic amines) is 1. The third-order valence-electron chi connectivity index (χ3n) is 3.65. The fraction of sp³-hybridized carbons (Fsp3) is 0.643. The van der Waals surface area contributed by atoms with E-state index in [1.807, 2.05) is 0 Å². The Bertz CT molecular complexity index is 426. The van der Waals surface area contributed by atoms with E-state index in [1.165, 1.54) is 18.9 Å². The molecule has 1 N–H and O–H groups in total. The molecule has 1 aliphatic rings. The number of hydrogen-bond donors (Lipinski definition) is 1. The molecule has 1 aliphatic heterocycles. The highest BCUT2D eigenvalue weighted by atomic mass is 19.4. The quantitative estimate of drug-likeness (QED) is 0.921. The van der Waals surface area contributed by atoms with Crippen LogP contribution < -0.4 is 5.32 Å². The van der Waals surface area contributed by atoms with E-state index in [1.54, 1.807) is 6.07 Å². The van der Waals surface area contributed by atoms with Crippen molar-refractivity contribution in [3.63, 3.8) is 0 Å². The summed E-state index contributed by atoms with van der Waals surface area (Å²) in [5, 5.41) is 2.96. The minimum Gasteiger partial charge on any atom is -0.369 e. The van der Waals surface area contributed by atoms with E-state index >= 15 is 0 Å². The monoisotopic (exact) mass is 287 g/mol. The van der Waals surface area contributed by atoms with Crippen LogP contribution in [-0.2, 0) is 6.18 Å². The molecule has 112 valence electrons. The predicted molar refractivity (Wildman–Crippen MR) is 72.6 cm³/mol. The topological polar surface area (TPSA) is 28.2 Å². The average molecular weight is 287 g/mol. The maximum Gasteiger partial charge on any atom is 0.433 e. The van der Waals surface area contributed by atoms with Gasteiger partial charge in [0.25, 0.3) is 0 Å². The van der Waals surface area contributed by atoms with Crippen molar-refractivity contribution in [1.82, 2.24) is 9.88 Å². The highest BCUT2D eigenvalue weighted by Gasteiger charge is 2.32. The van der Waals surface area contributed by atoms with Crippen molar-refractivity contribution in [3.05, 3.63) is 23.9 Å². The molecule has 20 heavy (non-hydrogen) atoms. The number of alkyl halides is 3. The summed E-state index contributed by atoms with van der Waals surface area (Å²) in [6.45, 7) is 5.84. The fourth-order valence-electron chi connectivity index (χ4n) is 2.32. The Kier molecular flexibility index (Phi) is 4.86. The smallest absolute Gasteiger partial charge is 0.369 e. The van der Waals surface area contributed by atoms with Crippen molar-refractivity contribution in [2.75, 3.05) is 31.5 Å². The van der Waals surface area contributed by atoms with Crippen molar-refractivity contribution in [1.29, 1.82) is 0 Å². The number of hydrogen-bond acceptors (Lipinski definition) is 3. The van der Waals surface area contributed by atoms with Gasteiger partial charge in [0.2, 0.25) is 0 Å². The molecule has 1 aromatic heterocycles. The van der Waals surface area contributed by atoms with Gasteiger partial charge in [0.1, 0.15) is 11.5 Å². The average Bonchev–Trinajstić information content (AvgIpc) is 2.40. The lowest BCUT2D eigenvalue weighted by Crippen LogP contribution is -2.36.